The summed E-state index contributed by atoms with van der Waals surface area (Å²) in [4.78, 5) is 0. The zero-order chi connectivity index (χ0) is 9.64. The van der Waals surface area contributed by atoms with E-state index in [2.05, 4.69) is 10.2 Å². The minimum Gasteiger partial charge on any atom is -0.151 e. The van der Waals surface area contributed by atoms with Crippen molar-refractivity contribution < 1.29 is 0 Å². The molecule has 0 N–H and O–H groups in total. The van der Waals surface area contributed by atoms with E-state index in [4.69, 9.17) is 0 Å². The first kappa shape index (κ1) is 11.7. The van der Waals surface area contributed by atoms with Crippen LogP contribution in [0.2, 0.25) is 0 Å². The van der Waals surface area contributed by atoms with Crippen LogP contribution in [0.5, 0.6) is 0 Å². The Morgan fingerprint density at radius 1 is 0.533 bits per heavy atom. The van der Waals surface area contributed by atoms with Crippen LogP contribution >= 0.6 is 0 Å². The van der Waals surface area contributed by atoms with Gasteiger partial charge in [-0.1, -0.05) is 36.4 Å². The van der Waals surface area contributed by atoms with Gasteiger partial charge in [0.2, 0.25) is 0 Å². The number of azo groups is 1. The average molecular weight is 259 g/mol. The SMILES string of the molecule is [GeH4].c1ccc(N=Nc2ccccc2)cc1. The number of hydrogen-bond donors (Lipinski definition) is 0. The molecule has 0 amide bonds. The summed E-state index contributed by atoms with van der Waals surface area (Å²) in [5, 5.41) is 8.20. The molecule has 0 saturated heterocycles. The number of rotatable bonds is 2. The molecule has 0 radical (unpaired) electrons. The van der Waals surface area contributed by atoms with E-state index in [1.54, 1.807) is 0 Å². The van der Waals surface area contributed by atoms with E-state index in [0.29, 0.717) is 0 Å². The molecule has 0 aliphatic carbocycles. The van der Waals surface area contributed by atoms with Crippen LogP contribution in [0.25, 0.3) is 0 Å². The minimum atomic E-state index is 0. The molecule has 3 heteroatoms. The van der Waals surface area contributed by atoms with E-state index in [9.17, 15) is 0 Å². The summed E-state index contributed by atoms with van der Waals surface area (Å²) >= 11 is 0. The van der Waals surface area contributed by atoms with E-state index >= 15 is 0 Å². The van der Waals surface area contributed by atoms with Gasteiger partial charge in [-0.2, -0.15) is 10.2 Å². The zero-order valence-corrected chi connectivity index (χ0v) is 7.67. The zero-order valence-electron chi connectivity index (χ0n) is 7.67. The van der Waals surface area contributed by atoms with Gasteiger partial charge < -0.3 is 0 Å². The molecular formula is C12H14GeN2. The standard InChI is InChI=1S/C12H10N2.GeH4/c1-3-7-11(8-4-1)13-14-12-9-5-2-6-10-12;/h1-10H;1H4. The Balaban J connectivity index is 0.00000112. The van der Waals surface area contributed by atoms with Gasteiger partial charge in [0, 0.05) is 0 Å². The fraction of sp³-hybridized carbons (Fsp3) is 0. The third kappa shape index (κ3) is 3.67. The summed E-state index contributed by atoms with van der Waals surface area (Å²) in [6.07, 6.45) is 0. The molecule has 0 atom stereocenters. The average Bonchev–Trinajstić information content (AvgIpc) is 2.29. The minimum absolute atomic E-state index is 0. The molecule has 0 fully saturated rings. The van der Waals surface area contributed by atoms with Gasteiger partial charge in [-0.15, -0.1) is 0 Å². The fourth-order valence-corrected chi connectivity index (χ4v) is 1.10. The van der Waals surface area contributed by atoms with Crippen molar-refractivity contribution in [2.75, 3.05) is 0 Å². The van der Waals surface area contributed by atoms with Crippen LogP contribution in [0.4, 0.5) is 11.4 Å². The summed E-state index contributed by atoms with van der Waals surface area (Å²) < 4.78 is 0. The molecule has 76 valence electrons. The molecule has 15 heavy (non-hydrogen) atoms. The second kappa shape index (κ2) is 6.14. The molecule has 0 spiro atoms. The molecule has 2 aromatic carbocycles. The van der Waals surface area contributed by atoms with Crippen LogP contribution in [0.1, 0.15) is 0 Å². The van der Waals surface area contributed by atoms with Gasteiger partial charge in [0.15, 0.2) is 0 Å². The molecule has 0 unspecified atom stereocenters. The molecule has 0 saturated carbocycles. The van der Waals surface area contributed by atoms with Crippen molar-refractivity contribution in [3.05, 3.63) is 60.7 Å². The Labute approximate surface area is 100 Å². The monoisotopic (exact) mass is 260 g/mol. The van der Waals surface area contributed by atoms with Crippen LogP contribution in [0.15, 0.2) is 70.9 Å². The summed E-state index contributed by atoms with van der Waals surface area (Å²) in [5.74, 6) is 0. The smallest absolute Gasteiger partial charge is 0.0857 e. The quantitative estimate of drug-likeness (QED) is 0.585. The maximum atomic E-state index is 4.10. The molecule has 0 aromatic heterocycles. The van der Waals surface area contributed by atoms with Crippen molar-refractivity contribution in [3.63, 3.8) is 0 Å². The Kier molecular flexibility index (Phi) is 4.77. The first-order valence-electron chi connectivity index (χ1n) is 4.47. The van der Waals surface area contributed by atoms with Gasteiger partial charge in [-0.05, 0) is 24.3 Å². The molecule has 2 rings (SSSR count). The van der Waals surface area contributed by atoms with Crippen LogP contribution in [-0.4, -0.2) is 17.6 Å². The molecule has 2 aromatic rings. The maximum Gasteiger partial charge on any atom is 0.0857 e. The number of nitrogens with zero attached hydrogens (tertiary/aromatic N) is 2. The second-order valence-electron chi connectivity index (χ2n) is 2.87. The van der Waals surface area contributed by atoms with Gasteiger partial charge in [-0.25, -0.2) is 0 Å². The van der Waals surface area contributed by atoms with Gasteiger partial charge in [0.1, 0.15) is 0 Å². The van der Waals surface area contributed by atoms with Crippen molar-refractivity contribution >= 4 is 29.0 Å². The van der Waals surface area contributed by atoms with E-state index in [1.165, 1.54) is 0 Å². The third-order valence-corrected chi connectivity index (χ3v) is 1.79. The van der Waals surface area contributed by atoms with Gasteiger partial charge in [0.05, 0.1) is 11.4 Å². The van der Waals surface area contributed by atoms with Gasteiger partial charge in [-0.3, -0.25) is 0 Å². The largest absolute Gasteiger partial charge is 0.151 e. The van der Waals surface area contributed by atoms with E-state index in [1.807, 2.05) is 60.7 Å². The second-order valence-corrected chi connectivity index (χ2v) is 2.87. The summed E-state index contributed by atoms with van der Waals surface area (Å²) in [5.41, 5.74) is 1.74. The van der Waals surface area contributed by atoms with Gasteiger partial charge >= 0.3 is 17.6 Å². The molecule has 0 bridgehead atoms. The Hall–Kier alpha value is -1.42. The van der Waals surface area contributed by atoms with Crippen molar-refractivity contribution in [2.24, 2.45) is 10.2 Å². The van der Waals surface area contributed by atoms with Crippen molar-refractivity contribution in [1.82, 2.24) is 0 Å². The predicted molar refractivity (Wildman–Crippen MR) is 68.4 cm³/mol. The van der Waals surface area contributed by atoms with Crippen molar-refractivity contribution in [3.8, 4) is 0 Å². The molecule has 0 heterocycles. The van der Waals surface area contributed by atoms with Crippen molar-refractivity contribution in [1.29, 1.82) is 0 Å². The Bertz CT molecular complexity index is 371. The van der Waals surface area contributed by atoms with E-state index in [-0.39, 0.29) is 17.6 Å². The Morgan fingerprint density at radius 2 is 0.867 bits per heavy atom. The topological polar surface area (TPSA) is 24.7 Å². The van der Waals surface area contributed by atoms with Crippen molar-refractivity contribution in [2.45, 2.75) is 0 Å². The van der Waals surface area contributed by atoms with Gasteiger partial charge in [0.25, 0.3) is 0 Å². The van der Waals surface area contributed by atoms with Crippen LogP contribution in [0, 0.1) is 0 Å². The number of benzene rings is 2. The predicted octanol–water partition coefficient (Wildman–Crippen LogP) is 2.65. The third-order valence-electron chi connectivity index (χ3n) is 1.79. The first-order chi connectivity index (χ1) is 6.95. The summed E-state index contributed by atoms with van der Waals surface area (Å²) in [6.45, 7) is 0. The van der Waals surface area contributed by atoms with Crippen LogP contribution in [-0.2, 0) is 0 Å². The first-order valence-corrected chi connectivity index (χ1v) is 4.47. The molecule has 2 nitrogen and oxygen atoms in total. The van der Waals surface area contributed by atoms with Crippen LogP contribution < -0.4 is 0 Å². The van der Waals surface area contributed by atoms with E-state index in [0.717, 1.165) is 11.4 Å². The number of hydrogen-bond acceptors (Lipinski definition) is 2. The van der Waals surface area contributed by atoms with E-state index < -0.39 is 0 Å². The van der Waals surface area contributed by atoms with Crippen LogP contribution in [0.3, 0.4) is 0 Å². The molecular weight excluding hydrogens is 245 g/mol. The molecule has 0 aliphatic heterocycles. The summed E-state index contributed by atoms with van der Waals surface area (Å²) in [6, 6.07) is 19.4. The normalized spacial score (nSPS) is 9.87. The summed E-state index contributed by atoms with van der Waals surface area (Å²) in [7, 11) is 0. The fourth-order valence-electron chi connectivity index (χ4n) is 1.10. The molecule has 0 aliphatic rings. The maximum absolute atomic E-state index is 4.10. The Morgan fingerprint density at radius 3 is 1.20 bits per heavy atom.